The number of halogens is 1. The second-order valence-corrected chi connectivity index (χ2v) is 5.68. The predicted octanol–water partition coefficient (Wildman–Crippen LogP) is 4.21. The molecule has 1 aliphatic rings. The Labute approximate surface area is 121 Å². The van der Waals surface area contributed by atoms with Crippen LogP contribution in [0.5, 0.6) is 5.75 Å². The van der Waals surface area contributed by atoms with Crippen LogP contribution in [0.4, 0.5) is 5.69 Å². The fourth-order valence-electron chi connectivity index (χ4n) is 2.54. The minimum Gasteiger partial charge on any atom is -0.497 e. The average molecular weight is 318 g/mol. The first-order valence-electron chi connectivity index (χ1n) is 6.43. The van der Waals surface area contributed by atoms with Crippen LogP contribution in [0.1, 0.15) is 17.0 Å². The van der Waals surface area contributed by atoms with Crippen LogP contribution < -0.4 is 10.1 Å². The van der Waals surface area contributed by atoms with Crippen LogP contribution in [0.2, 0.25) is 0 Å². The molecule has 0 saturated heterocycles. The number of hydrogen-bond donors (Lipinski definition) is 1. The van der Waals surface area contributed by atoms with E-state index in [-0.39, 0.29) is 0 Å². The molecule has 0 aliphatic heterocycles. The second-order valence-electron chi connectivity index (χ2n) is 4.83. The number of hydrogen-bond acceptors (Lipinski definition) is 2. The largest absolute Gasteiger partial charge is 0.497 e. The van der Waals surface area contributed by atoms with Gasteiger partial charge in [-0.15, -0.1) is 0 Å². The molecule has 1 unspecified atom stereocenters. The number of fused-ring (bicyclic) bond motifs is 1. The molecular weight excluding hydrogens is 302 g/mol. The SMILES string of the molecule is COc1ccc(Br)c(NCC2Cc3ccccc32)c1. The number of methoxy groups -OCH3 is 1. The highest BCUT2D eigenvalue weighted by Gasteiger charge is 2.24. The van der Waals surface area contributed by atoms with Crippen molar-refractivity contribution in [3.63, 3.8) is 0 Å². The zero-order chi connectivity index (χ0) is 13.2. The van der Waals surface area contributed by atoms with Crippen molar-refractivity contribution < 1.29 is 4.74 Å². The summed E-state index contributed by atoms with van der Waals surface area (Å²) in [6, 6.07) is 14.7. The Balaban J connectivity index is 1.68. The normalized spacial score (nSPS) is 16.4. The van der Waals surface area contributed by atoms with Crippen LogP contribution in [-0.2, 0) is 6.42 Å². The smallest absolute Gasteiger partial charge is 0.121 e. The number of ether oxygens (including phenoxy) is 1. The van der Waals surface area contributed by atoms with Crippen molar-refractivity contribution in [2.45, 2.75) is 12.3 Å². The number of rotatable bonds is 4. The summed E-state index contributed by atoms with van der Waals surface area (Å²) in [5.74, 6) is 1.49. The lowest BCUT2D eigenvalue weighted by molar-refractivity contribution is 0.415. The van der Waals surface area contributed by atoms with Crippen LogP contribution in [0.3, 0.4) is 0 Å². The Bertz CT molecular complexity index is 597. The van der Waals surface area contributed by atoms with Crippen molar-refractivity contribution >= 4 is 21.6 Å². The summed E-state index contributed by atoms with van der Waals surface area (Å²) in [6.07, 6.45) is 1.17. The molecule has 0 amide bonds. The number of benzene rings is 2. The maximum atomic E-state index is 5.25. The van der Waals surface area contributed by atoms with E-state index >= 15 is 0 Å². The lowest BCUT2D eigenvalue weighted by Gasteiger charge is -2.30. The molecule has 0 bridgehead atoms. The Morgan fingerprint density at radius 2 is 2.11 bits per heavy atom. The highest BCUT2D eigenvalue weighted by atomic mass is 79.9. The molecule has 0 aromatic heterocycles. The molecule has 1 aliphatic carbocycles. The van der Waals surface area contributed by atoms with E-state index < -0.39 is 0 Å². The van der Waals surface area contributed by atoms with Gasteiger partial charge in [-0.3, -0.25) is 0 Å². The third-order valence-electron chi connectivity index (χ3n) is 3.67. The van der Waals surface area contributed by atoms with Gasteiger partial charge in [-0.2, -0.15) is 0 Å². The average Bonchev–Trinajstić information content (AvgIpc) is 2.42. The van der Waals surface area contributed by atoms with Crippen molar-refractivity contribution in [3.8, 4) is 5.75 Å². The van der Waals surface area contributed by atoms with Crippen molar-refractivity contribution in [1.82, 2.24) is 0 Å². The third-order valence-corrected chi connectivity index (χ3v) is 4.37. The van der Waals surface area contributed by atoms with Crippen LogP contribution in [-0.4, -0.2) is 13.7 Å². The van der Waals surface area contributed by atoms with Crippen LogP contribution in [0, 0.1) is 0 Å². The first-order chi connectivity index (χ1) is 9.28. The molecule has 0 heterocycles. The van der Waals surface area contributed by atoms with Crippen LogP contribution >= 0.6 is 15.9 Å². The lowest BCUT2D eigenvalue weighted by atomic mass is 9.77. The fraction of sp³-hybridized carbons (Fsp3) is 0.250. The monoisotopic (exact) mass is 317 g/mol. The highest BCUT2D eigenvalue weighted by molar-refractivity contribution is 9.10. The maximum absolute atomic E-state index is 5.25. The Morgan fingerprint density at radius 1 is 1.26 bits per heavy atom. The summed E-state index contributed by atoms with van der Waals surface area (Å²) >= 11 is 3.56. The van der Waals surface area contributed by atoms with E-state index in [0.29, 0.717) is 5.92 Å². The molecule has 2 aromatic rings. The van der Waals surface area contributed by atoms with E-state index in [1.807, 2.05) is 18.2 Å². The Kier molecular flexibility index (Phi) is 3.47. The minimum atomic E-state index is 0.620. The molecule has 2 aromatic carbocycles. The van der Waals surface area contributed by atoms with Crippen LogP contribution in [0.25, 0.3) is 0 Å². The topological polar surface area (TPSA) is 21.3 Å². The first-order valence-corrected chi connectivity index (χ1v) is 7.22. The summed E-state index contributed by atoms with van der Waals surface area (Å²) < 4.78 is 6.32. The summed E-state index contributed by atoms with van der Waals surface area (Å²) in [4.78, 5) is 0. The number of nitrogens with one attached hydrogen (secondary N) is 1. The van der Waals surface area contributed by atoms with Gasteiger partial charge in [0, 0.05) is 23.0 Å². The molecule has 19 heavy (non-hydrogen) atoms. The third kappa shape index (κ3) is 2.47. The molecule has 1 N–H and O–H groups in total. The van der Waals surface area contributed by atoms with Crippen molar-refractivity contribution in [2.75, 3.05) is 19.0 Å². The molecule has 3 rings (SSSR count). The Morgan fingerprint density at radius 3 is 2.89 bits per heavy atom. The lowest BCUT2D eigenvalue weighted by Crippen LogP contribution is -2.24. The van der Waals surface area contributed by atoms with Crippen molar-refractivity contribution in [1.29, 1.82) is 0 Å². The van der Waals surface area contributed by atoms with Gasteiger partial charge in [-0.1, -0.05) is 24.3 Å². The van der Waals surface area contributed by atoms with Gasteiger partial charge in [-0.25, -0.2) is 0 Å². The summed E-state index contributed by atoms with van der Waals surface area (Å²) in [5.41, 5.74) is 4.05. The van der Waals surface area contributed by atoms with Gasteiger partial charge in [0.05, 0.1) is 12.8 Å². The molecule has 0 saturated carbocycles. The van der Waals surface area contributed by atoms with Gasteiger partial charge < -0.3 is 10.1 Å². The first kappa shape index (κ1) is 12.5. The Hall–Kier alpha value is -1.48. The minimum absolute atomic E-state index is 0.620. The van der Waals surface area contributed by atoms with Crippen molar-refractivity contribution in [3.05, 3.63) is 58.1 Å². The summed E-state index contributed by atoms with van der Waals surface area (Å²) in [5, 5.41) is 3.50. The standard InChI is InChI=1S/C16H16BrNO/c1-19-13-6-7-15(17)16(9-13)18-10-12-8-11-4-2-3-5-14(11)12/h2-7,9,12,18H,8,10H2,1H3. The molecule has 0 spiro atoms. The van der Waals surface area contributed by atoms with E-state index in [0.717, 1.165) is 22.5 Å². The second kappa shape index (κ2) is 5.25. The van der Waals surface area contributed by atoms with Gasteiger partial charge in [-0.05, 0) is 45.6 Å². The van der Waals surface area contributed by atoms with Gasteiger partial charge in [0.2, 0.25) is 0 Å². The molecule has 2 nitrogen and oxygen atoms in total. The quantitative estimate of drug-likeness (QED) is 0.912. The zero-order valence-corrected chi connectivity index (χ0v) is 12.4. The van der Waals surface area contributed by atoms with Gasteiger partial charge in [0.15, 0.2) is 0 Å². The molecular formula is C16H16BrNO. The molecule has 0 fully saturated rings. The van der Waals surface area contributed by atoms with E-state index in [4.69, 9.17) is 4.74 Å². The van der Waals surface area contributed by atoms with E-state index in [9.17, 15) is 0 Å². The molecule has 0 radical (unpaired) electrons. The zero-order valence-electron chi connectivity index (χ0n) is 10.8. The van der Waals surface area contributed by atoms with Gasteiger partial charge >= 0.3 is 0 Å². The van der Waals surface area contributed by atoms with Crippen molar-refractivity contribution in [2.24, 2.45) is 0 Å². The van der Waals surface area contributed by atoms with E-state index in [2.05, 4.69) is 45.5 Å². The van der Waals surface area contributed by atoms with Crippen LogP contribution in [0.15, 0.2) is 46.9 Å². The van der Waals surface area contributed by atoms with E-state index in [1.54, 1.807) is 7.11 Å². The highest BCUT2D eigenvalue weighted by Crippen LogP contribution is 2.35. The molecule has 3 heteroatoms. The predicted molar refractivity (Wildman–Crippen MR) is 82.1 cm³/mol. The van der Waals surface area contributed by atoms with Gasteiger partial charge in [0.25, 0.3) is 0 Å². The van der Waals surface area contributed by atoms with Gasteiger partial charge in [0.1, 0.15) is 5.75 Å². The maximum Gasteiger partial charge on any atom is 0.121 e. The molecule has 98 valence electrons. The summed E-state index contributed by atoms with van der Waals surface area (Å²) in [6.45, 7) is 0.961. The molecule has 1 atom stereocenters. The van der Waals surface area contributed by atoms with E-state index in [1.165, 1.54) is 17.5 Å². The fourth-order valence-corrected chi connectivity index (χ4v) is 2.93. The summed E-state index contributed by atoms with van der Waals surface area (Å²) in [7, 11) is 1.69. The number of anilines is 1.